The number of hydrogen-bond donors (Lipinski definition) is 1. The third kappa shape index (κ3) is 3.82. The molecule has 0 aromatic carbocycles. The minimum atomic E-state index is 0.0534. The van der Waals surface area contributed by atoms with Crippen LogP contribution in [0.4, 0.5) is 0 Å². The molecule has 1 aromatic rings. The Hall–Kier alpha value is -1.36. The van der Waals surface area contributed by atoms with Gasteiger partial charge >= 0.3 is 0 Å². The first kappa shape index (κ1) is 15.0. The number of amides is 1. The highest BCUT2D eigenvalue weighted by atomic mass is 16.2. The van der Waals surface area contributed by atoms with Crippen molar-refractivity contribution in [2.24, 2.45) is 7.05 Å². The Balaban J connectivity index is 1.81. The van der Waals surface area contributed by atoms with E-state index >= 15 is 0 Å². The number of likely N-dealkylation sites (tertiary alicyclic amines) is 1. The van der Waals surface area contributed by atoms with Crippen LogP contribution in [0.5, 0.6) is 0 Å². The van der Waals surface area contributed by atoms with Crippen LogP contribution in [0.2, 0.25) is 0 Å². The van der Waals surface area contributed by atoms with E-state index < -0.39 is 0 Å². The van der Waals surface area contributed by atoms with Gasteiger partial charge in [0.25, 0.3) is 0 Å². The molecular formula is C15H26N4O. The first-order valence-electron chi connectivity index (χ1n) is 7.59. The van der Waals surface area contributed by atoms with Crippen LogP contribution >= 0.6 is 0 Å². The molecule has 0 spiro atoms. The maximum absolute atomic E-state index is 12.3. The zero-order valence-electron chi connectivity index (χ0n) is 12.8. The second kappa shape index (κ2) is 6.88. The molecule has 5 heteroatoms. The summed E-state index contributed by atoms with van der Waals surface area (Å²) in [6.45, 7) is 6.06. The van der Waals surface area contributed by atoms with Crippen molar-refractivity contribution in [1.29, 1.82) is 0 Å². The Morgan fingerprint density at radius 2 is 2.30 bits per heavy atom. The number of carbonyl (C=O) groups is 1. The molecule has 0 radical (unpaired) electrons. The summed E-state index contributed by atoms with van der Waals surface area (Å²) in [5, 5.41) is 7.21. The Kier molecular flexibility index (Phi) is 5.17. The molecule has 1 aliphatic heterocycles. The summed E-state index contributed by atoms with van der Waals surface area (Å²) in [6, 6.07) is 0.488. The summed E-state index contributed by atoms with van der Waals surface area (Å²) in [5.41, 5.74) is 1.16. The predicted molar refractivity (Wildman–Crippen MR) is 79.4 cm³/mol. The molecule has 0 bridgehead atoms. The number of aryl methyl sites for hydroxylation is 1. The topological polar surface area (TPSA) is 50.2 Å². The molecule has 2 rings (SSSR count). The fourth-order valence-corrected chi connectivity index (χ4v) is 2.90. The lowest BCUT2D eigenvalue weighted by Crippen LogP contribution is -2.52. The highest BCUT2D eigenvalue weighted by Gasteiger charge is 2.29. The second-order valence-electron chi connectivity index (χ2n) is 5.91. The van der Waals surface area contributed by atoms with Crippen LogP contribution in [0.25, 0.3) is 0 Å². The Bertz CT molecular complexity index is 441. The molecule has 1 aliphatic rings. The molecule has 0 saturated carbocycles. The number of hydrogen-bond acceptors (Lipinski definition) is 3. The van der Waals surface area contributed by atoms with Crippen LogP contribution < -0.4 is 5.32 Å². The van der Waals surface area contributed by atoms with Crippen molar-refractivity contribution >= 4 is 5.91 Å². The predicted octanol–water partition coefficient (Wildman–Crippen LogP) is 1.34. The molecule has 1 amide bonds. The van der Waals surface area contributed by atoms with Crippen molar-refractivity contribution in [2.75, 3.05) is 13.1 Å². The first-order valence-corrected chi connectivity index (χ1v) is 7.59. The second-order valence-corrected chi connectivity index (χ2v) is 5.91. The minimum Gasteiger partial charge on any atom is -0.354 e. The lowest BCUT2D eigenvalue weighted by molar-refractivity contribution is -0.128. The van der Waals surface area contributed by atoms with Gasteiger partial charge in [0.2, 0.25) is 5.91 Å². The summed E-state index contributed by atoms with van der Waals surface area (Å²) in [4.78, 5) is 14.7. The van der Waals surface area contributed by atoms with E-state index in [4.69, 9.17) is 0 Å². The van der Waals surface area contributed by atoms with Crippen molar-refractivity contribution in [3.63, 3.8) is 0 Å². The summed E-state index contributed by atoms with van der Waals surface area (Å²) in [7, 11) is 1.91. The zero-order valence-corrected chi connectivity index (χ0v) is 12.8. The van der Waals surface area contributed by atoms with Crippen molar-refractivity contribution < 1.29 is 4.79 Å². The fourth-order valence-electron chi connectivity index (χ4n) is 2.90. The molecule has 5 nitrogen and oxygen atoms in total. The number of aromatic nitrogens is 2. The summed E-state index contributed by atoms with van der Waals surface area (Å²) < 4.78 is 1.79. The fraction of sp³-hybridized carbons (Fsp3) is 0.733. The molecule has 1 fully saturated rings. The SMILES string of the molecule is CC(C)N1CCCCC1C(=O)NCCc1cnn(C)c1. The van der Waals surface area contributed by atoms with Gasteiger partial charge in [0.05, 0.1) is 12.2 Å². The normalized spacial score (nSPS) is 20.3. The van der Waals surface area contributed by atoms with Gasteiger partial charge in [-0.15, -0.1) is 0 Å². The molecule has 112 valence electrons. The van der Waals surface area contributed by atoms with Gasteiger partial charge in [0, 0.05) is 25.8 Å². The van der Waals surface area contributed by atoms with Gasteiger partial charge in [-0.2, -0.15) is 5.10 Å². The maximum Gasteiger partial charge on any atom is 0.237 e. The van der Waals surface area contributed by atoms with Crippen molar-refractivity contribution in [3.8, 4) is 0 Å². The van der Waals surface area contributed by atoms with Gasteiger partial charge in [-0.25, -0.2) is 0 Å². The summed E-state index contributed by atoms with van der Waals surface area (Å²) in [6.07, 6.45) is 8.03. The van der Waals surface area contributed by atoms with Crippen LogP contribution in [0.3, 0.4) is 0 Å². The Morgan fingerprint density at radius 1 is 1.50 bits per heavy atom. The van der Waals surface area contributed by atoms with Crippen LogP contribution in [0.1, 0.15) is 38.7 Å². The lowest BCUT2D eigenvalue weighted by atomic mass is 9.99. The average Bonchev–Trinajstić information content (AvgIpc) is 2.84. The highest BCUT2D eigenvalue weighted by molar-refractivity contribution is 5.81. The molecule has 1 unspecified atom stereocenters. The van der Waals surface area contributed by atoms with E-state index in [1.807, 2.05) is 19.4 Å². The number of rotatable bonds is 5. The molecular weight excluding hydrogens is 252 g/mol. The summed E-state index contributed by atoms with van der Waals surface area (Å²) in [5.74, 6) is 0.183. The third-order valence-corrected chi connectivity index (χ3v) is 3.98. The van der Waals surface area contributed by atoms with E-state index in [9.17, 15) is 4.79 Å². The van der Waals surface area contributed by atoms with Gasteiger partial charge in [0.1, 0.15) is 0 Å². The van der Waals surface area contributed by atoms with Crippen LogP contribution in [-0.4, -0.2) is 45.8 Å². The molecule has 1 aromatic heterocycles. The number of nitrogens with zero attached hydrogens (tertiary/aromatic N) is 3. The largest absolute Gasteiger partial charge is 0.354 e. The average molecular weight is 278 g/mol. The highest BCUT2D eigenvalue weighted by Crippen LogP contribution is 2.19. The van der Waals surface area contributed by atoms with Crippen molar-refractivity contribution in [1.82, 2.24) is 20.0 Å². The third-order valence-electron chi connectivity index (χ3n) is 3.98. The van der Waals surface area contributed by atoms with E-state index in [0.717, 1.165) is 31.4 Å². The Labute approximate surface area is 121 Å². The quantitative estimate of drug-likeness (QED) is 0.884. The van der Waals surface area contributed by atoms with Crippen molar-refractivity contribution in [2.45, 2.75) is 51.6 Å². The van der Waals surface area contributed by atoms with E-state index in [0.29, 0.717) is 12.6 Å². The standard InChI is InChI=1S/C15H26N4O/c1-12(2)19-9-5-4-6-14(19)15(20)16-8-7-13-10-17-18(3)11-13/h10-12,14H,4-9H2,1-3H3,(H,16,20). The minimum absolute atomic E-state index is 0.0534. The van der Waals surface area contributed by atoms with E-state index in [2.05, 4.69) is 29.2 Å². The molecule has 2 heterocycles. The van der Waals surface area contributed by atoms with E-state index in [1.54, 1.807) is 4.68 Å². The van der Waals surface area contributed by atoms with Crippen LogP contribution in [0.15, 0.2) is 12.4 Å². The Morgan fingerprint density at radius 3 is 2.95 bits per heavy atom. The smallest absolute Gasteiger partial charge is 0.237 e. The lowest BCUT2D eigenvalue weighted by Gasteiger charge is -2.37. The summed E-state index contributed by atoms with van der Waals surface area (Å²) >= 11 is 0. The number of piperidine rings is 1. The number of nitrogens with one attached hydrogen (secondary N) is 1. The molecule has 20 heavy (non-hydrogen) atoms. The van der Waals surface area contributed by atoms with Crippen LogP contribution in [-0.2, 0) is 18.3 Å². The monoisotopic (exact) mass is 278 g/mol. The van der Waals surface area contributed by atoms with Gasteiger partial charge in [0.15, 0.2) is 0 Å². The van der Waals surface area contributed by atoms with Crippen molar-refractivity contribution in [3.05, 3.63) is 18.0 Å². The molecule has 1 N–H and O–H groups in total. The molecule has 1 atom stereocenters. The van der Waals surface area contributed by atoms with E-state index in [1.165, 1.54) is 6.42 Å². The van der Waals surface area contributed by atoms with Gasteiger partial charge in [-0.05, 0) is 45.2 Å². The van der Waals surface area contributed by atoms with E-state index in [-0.39, 0.29) is 11.9 Å². The van der Waals surface area contributed by atoms with Gasteiger partial charge in [-0.3, -0.25) is 14.4 Å². The number of carbonyl (C=O) groups excluding carboxylic acids is 1. The van der Waals surface area contributed by atoms with Gasteiger partial charge < -0.3 is 5.32 Å². The maximum atomic E-state index is 12.3. The molecule has 0 aliphatic carbocycles. The van der Waals surface area contributed by atoms with Gasteiger partial charge in [-0.1, -0.05) is 6.42 Å². The zero-order chi connectivity index (χ0) is 14.5. The first-order chi connectivity index (χ1) is 9.58. The van der Waals surface area contributed by atoms with Crippen LogP contribution in [0, 0.1) is 0 Å². The molecule has 1 saturated heterocycles.